The van der Waals surface area contributed by atoms with Crippen molar-refractivity contribution in [3.8, 4) is 5.75 Å². The van der Waals surface area contributed by atoms with E-state index in [-0.39, 0.29) is 5.75 Å². The highest BCUT2D eigenvalue weighted by Crippen LogP contribution is 2.36. The van der Waals surface area contributed by atoms with Crippen molar-refractivity contribution in [1.29, 1.82) is 0 Å². The SMILES string of the molecule is COc1cc(C=CC(N)=O)ccc1C(F)(F)F. The molecule has 0 saturated carbocycles. The molecule has 2 N–H and O–H groups in total. The van der Waals surface area contributed by atoms with Crippen molar-refractivity contribution in [1.82, 2.24) is 0 Å². The minimum Gasteiger partial charge on any atom is -0.496 e. The Morgan fingerprint density at radius 3 is 2.53 bits per heavy atom. The average molecular weight is 245 g/mol. The molecule has 0 aliphatic heterocycles. The van der Waals surface area contributed by atoms with Crippen molar-refractivity contribution in [2.45, 2.75) is 6.18 Å². The third-order valence-corrected chi connectivity index (χ3v) is 1.97. The highest BCUT2D eigenvalue weighted by molar-refractivity contribution is 5.90. The summed E-state index contributed by atoms with van der Waals surface area (Å²) in [5, 5.41) is 0. The number of hydrogen-bond acceptors (Lipinski definition) is 2. The molecule has 0 spiro atoms. The number of carbonyl (C=O) groups excluding carboxylic acids is 1. The summed E-state index contributed by atoms with van der Waals surface area (Å²) in [5.74, 6) is -0.979. The van der Waals surface area contributed by atoms with E-state index in [1.54, 1.807) is 0 Å². The first-order valence-corrected chi connectivity index (χ1v) is 4.57. The first-order chi connectivity index (χ1) is 7.84. The zero-order valence-corrected chi connectivity index (χ0v) is 8.91. The summed E-state index contributed by atoms with van der Waals surface area (Å²) >= 11 is 0. The summed E-state index contributed by atoms with van der Waals surface area (Å²) in [6.45, 7) is 0. The van der Waals surface area contributed by atoms with Gasteiger partial charge in [0.1, 0.15) is 5.75 Å². The van der Waals surface area contributed by atoms with Crippen LogP contribution in [0.25, 0.3) is 6.08 Å². The van der Waals surface area contributed by atoms with Crippen LogP contribution in [0.2, 0.25) is 0 Å². The molecule has 1 amide bonds. The number of alkyl halides is 3. The smallest absolute Gasteiger partial charge is 0.419 e. The molecule has 0 aliphatic carbocycles. The second kappa shape index (κ2) is 4.90. The first kappa shape index (κ1) is 13.1. The van der Waals surface area contributed by atoms with Gasteiger partial charge in [-0.2, -0.15) is 13.2 Å². The van der Waals surface area contributed by atoms with E-state index in [2.05, 4.69) is 4.74 Å². The number of benzene rings is 1. The number of ether oxygens (including phenoxy) is 1. The first-order valence-electron chi connectivity index (χ1n) is 4.57. The number of carbonyl (C=O) groups is 1. The molecular weight excluding hydrogens is 235 g/mol. The van der Waals surface area contributed by atoms with E-state index in [1.165, 1.54) is 18.2 Å². The van der Waals surface area contributed by atoms with Crippen LogP contribution in [0.5, 0.6) is 5.75 Å². The summed E-state index contributed by atoms with van der Waals surface area (Å²) in [5.41, 5.74) is 4.41. The maximum atomic E-state index is 12.5. The summed E-state index contributed by atoms with van der Waals surface area (Å²) in [6, 6.07) is 3.30. The molecule has 0 aliphatic rings. The molecule has 1 aromatic carbocycles. The van der Waals surface area contributed by atoms with Crippen molar-refractivity contribution in [3.05, 3.63) is 35.4 Å². The summed E-state index contributed by atoms with van der Waals surface area (Å²) in [4.78, 5) is 10.5. The van der Waals surface area contributed by atoms with Gasteiger partial charge in [0, 0.05) is 6.08 Å². The molecule has 0 aromatic heterocycles. The van der Waals surface area contributed by atoms with Crippen LogP contribution in [0, 0.1) is 0 Å². The van der Waals surface area contributed by atoms with Crippen LogP contribution in [-0.2, 0) is 11.0 Å². The second-order valence-corrected chi connectivity index (χ2v) is 3.19. The Kier molecular flexibility index (Phi) is 3.77. The monoisotopic (exact) mass is 245 g/mol. The topological polar surface area (TPSA) is 52.3 Å². The van der Waals surface area contributed by atoms with Crippen molar-refractivity contribution in [2.24, 2.45) is 5.73 Å². The maximum Gasteiger partial charge on any atom is 0.419 e. The second-order valence-electron chi connectivity index (χ2n) is 3.19. The zero-order valence-electron chi connectivity index (χ0n) is 8.91. The lowest BCUT2D eigenvalue weighted by Crippen LogP contribution is -2.07. The standard InChI is InChI=1S/C11H10F3NO2/c1-17-9-6-7(3-5-10(15)16)2-4-8(9)11(12,13)14/h2-6H,1H3,(H2,15,16). The molecule has 17 heavy (non-hydrogen) atoms. The lowest BCUT2D eigenvalue weighted by molar-refractivity contribution is -0.138. The number of methoxy groups -OCH3 is 1. The Bertz CT molecular complexity index is 453. The third kappa shape index (κ3) is 3.51. The minimum atomic E-state index is -4.47. The molecule has 0 saturated heterocycles. The van der Waals surface area contributed by atoms with Crippen LogP contribution in [-0.4, -0.2) is 13.0 Å². The van der Waals surface area contributed by atoms with Gasteiger partial charge in [-0.25, -0.2) is 0 Å². The van der Waals surface area contributed by atoms with E-state index in [0.29, 0.717) is 5.56 Å². The third-order valence-electron chi connectivity index (χ3n) is 1.97. The number of amides is 1. The van der Waals surface area contributed by atoms with Gasteiger partial charge < -0.3 is 10.5 Å². The van der Waals surface area contributed by atoms with E-state index in [0.717, 1.165) is 19.3 Å². The Balaban J connectivity index is 3.13. The molecule has 1 aromatic rings. The highest BCUT2D eigenvalue weighted by atomic mass is 19.4. The van der Waals surface area contributed by atoms with Crippen LogP contribution in [0.1, 0.15) is 11.1 Å². The van der Waals surface area contributed by atoms with E-state index >= 15 is 0 Å². The van der Waals surface area contributed by atoms with Gasteiger partial charge in [-0.05, 0) is 23.8 Å². The Morgan fingerprint density at radius 1 is 1.41 bits per heavy atom. The fraction of sp³-hybridized carbons (Fsp3) is 0.182. The van der Waals surface area contributed by atoms with E-state index in [4.69, 9.17) is 5.73 Å². The van der Waals surface area contributed by atoms with E-state index in [1.807, 2.05) is 0 Å². The van der Waals surface area contributed by atoms with Gasteiger partial charge in [0.25, 0.3) is 0 Å². The number of halogens is 3. The molecule has 92 valence electrons. The van der Waals surface area contributed by atoms with Crippen LogP contribution in [0.3, 0.4) is 0 Å². The molecule has 0 bridgehead atoms. The zero-order chi connectivity index (χ0) is 13.1. The van der Waals surface area contributed by atoms with Gasteiger partial charge in [0.2, 0.25) is 5.91 Å². The Labute approximate surface area is 95.7 Å². The van der Waals surface area contributed by atoms with Crippen molar-refractivity contribution in [3.63, 3.8) is 0 Å². The van der Waals surface area contributed by atoms with Crippen LogP contribution < -0.4 is 10.5 Å². The van der Waals surface area contributed by atoms with Crippen molar-refractivity contribution in [2.75, 3.05) is 7.11 Å². The van der Waals surface area contributed by atoms with Crippen LogP contribution >= 0.6 is 0 Å². The van der Waals surface area contributed by atoms with Gasteiger partial charge in [-0.1, -0.05) is 6.07 Å². The lowest BCUT2D eigenvalue weighted by Gasteiger charge is -2.12. The van der Waals surface area contributed by atoms with Gasteiger partial charge >= 0.3 is 6.18 Å². The number of primary amides is 1. The van der Waals surface area contributed by atoms with Crippen LogP contribution in [0.15, 0.2) is 24.3 Å². The quantitative estimate of drug-likeness (QED) is 0.830. The average Bonchev–Trinajstić information content (AvgIpc) is 2.24. The van der Waals surface area contributed by atoms with Crippen molar-refractivity contribution >= 4 is 12.0 Å². The molecule has 0 fully saturated rings. The largest absolute Gasteiger partial charge is 0.496 e. The molecule has 0 atom stereocenters. The van der Waals surface area contributed by atoms with Crippen molar-refractivity contribution < 1.29 is 22.7 Å². The maximum absolute atomic E-state index is 12.5. The Morgan fingerprint density at radius 2 is 2.06 bits per heavy atom. The van der Waals surface area contributed by atoms with Crippen LogP contribution in [0.4, 0.5) is 13.2 Å². The summed E-state index contributed by atoms with van der Waals surface area (Å²) in [7, 11) is 1.14. The van der Waals surface area contributed by atoms with Gasteiger partial charge in [0.15, 0.2) is 0 Å². The highest BCUT2D eigenvalue weighted by Gasteiger charge is 2.34. The molecular formula is C11H10F3NO2. The summed E-state index contributed by atoms with van der Waals surface area (Å²) in [6.07, 6.45) is -2.11. The van der Waals surface area contributed by atoms with Gasteiger partial charge in [-0.3, -0.25) is 4.79 Å². The van der Waals surface area contributed by atoms with E-state index < -0.39 is 17.6 Å². The summed E-state index contributed by atoms with van der Waals surface area (Å²) < 4.78 is 42.2. The molecule has 6 heteroatoms. The molecule has 1 rings (SSSR count). The van der Waals surface area contributed by atoms with Gasteiger partial charge in [-0.15, -0.1) is 0 Å². The normalized spacial score (nSPS) is 11.8. The molecule has 0 radical (unpaired) electrons. The fourth-order valence-electron chi connectivity index (χ4n) is 1.22. The number of nitrogens with two attached hydrogens (primary N) is 1. The predicted molar refractivity (Wildman–Crippen MR) is 56.2 cm³/mol. The molecule has 3 nitrogen and oxygen atoms in total. The minimum absolute atomic E-state index is 0.302. The predicted octanol–water partition coefficient (Wildman–Crippen LogP) is 2.21. The molecule has 0 unspecified atom stereocenters. The van der Waals surface area contributed by atoms with E-state index in [9.17, 15) is 18.0 Å². The number of rotatable bonds is 3. The number of hydrogen-bond donors (Lipinski definition) is 1. The fourth-order valence-corrected chi connectivity index (χ4v) is 1.22. The van der Waals surface area contributed by atoms with Gasteiger partial charge in [0.05, 0.1) is 12.7 Å². The molecule has 0 heterocycles. The lowest BCUT2D eigenvalue weighted by atomic mass is 10.1. The Hall–Kier alpha value is -1.98.